The minimum Gasteiger partial charge on any atom is -0.314 e. The van der Waals surface area contributed by atoms with Crippen LogP contribution in [0.15, 0.2) is 36.9 Å². The Balaban J connectivity index is 1.79. The van der Waals surface area contributed by atoms with Crippen molar-refractivity contribution in [2.45, 2.75) is 18.6 Å². The van der Waals surface area contributed by atoms with Crippen LogP contribution in [0.2, 0.25) is 5.02 Å². The van der Waals surface area contributed by atoms with E-state index in [1.807, 2.05) is 0 Å². The molecule has 1 N–H and O–H groups in total. The second-order valence-corrected chi connectivity index (χ2v) is 6.99. The molecule has 28 heavy (non-hydrogen) atoms. The lowest BCUT2D eigenvalue weighted by Crippen LogP contribution is -2.45. The van der Waals surface area contributed by atoms with Crippen molar-refractivity contribution < 1.29 is 13.2 Å². The molecule has 1 atom stereocenters. The number of halogens is 4. The molecule has 10 heteroatoms. The van der Waals surface area contributed by atoms with Crippen molar-refractivity contribution >= 4 is 17.2 Å². The average molecular weight is 411 g/mol. The highest BCUT2D eigenvalue weighted by Crippen LogP contribution is 2.34. The average Bonchev–Trinajstić information content (AvgIpc) is 3.07. The van der Waals surface area contributed by atoms with E-state index in [0.29, 0.717) is 16.5 Å². The van der Waals surface area contributed by atoms with Gasteiger partial charge in [-0.3, -0.25) is 4.90 Å². The molecule has 0 spiro atoms. The highest BCUT2D eigenvalue weighted by atomic mass is 35.5. The Hall–Kier alpha value is -2.23. The van der Waals surface area contributed by atoms with Gasteiger partial charge in [0.2, 0.25) is 0 Å². The predicted molar refractivity (Wildman–Crippen MR) is 98.3 cm³/mol. The fraction of sp³-hybridized carbons (Fsp3) is 0.389. The molecule has 1 aliphatic rings. The topological polar surface area (TPSA) is 58.4 Å². The van der Waals surface area contributed by atoms with Crippen LogP contribution in [0, 0.1) is 0 Å². The second kappa shape index (κ2) is 7.65. The molecule has 1 saturated heterocycles. The van der Waals surface area contributed by atoms with Crippen molar-refractivity contribution in [2.75, 3.05) is 26.2 Å². The number of nitrogens with one attached hydrogen (secondary N) is 1. The maximum Gasteiger partial charge on any atom is 0.394 e. The number of piperazine rings is 1. The van der Waals surface area contributed by atoms with Crippen LogP contribution < -0.4 is 5.32 Å². The highest BCUT2D eigenvalue weighted by Gasteiger charge is 2.31. The van der Waals surface area contributed by atoms with Gasteiger partial charge >= 0.3 is 6.18 Å². The van der Waals surface area contributed by atoms with Gasteiger partial charge in [-0.15, -0.1) is 0 Å². The quantitative estimate of drug-likeness (QED) is 0.716. The summed E-state index contributed by atoms with van der Waals surface area (Å²) in [5.41, 5.74) is 1.08. The molecule has 0 bridgehead atoms. The van der Waals surface area contributed by atoms with Gasteiger partial charge in [0, 0.05) is 56.5 Å². The fourth-order valence-corrected chi connectivity index (χ4v) is 3.83. The molecule has 3 aromatic rings. The van der Waals surface area contributed by atoms with Crippen LogP contribution in [0.3, 0.4) is 0 Å². The monoisotopic (exact) mass is 410 g/mol. The fourth-order valence-electron chi connectivity index (χ4n) is 3.52. The van der Waals surface area contributed by atoms with Gasteiger partial charge in [-0.1, -0.05) is 11.6 Å². The molecule has 0 aliphatic carbocycles. The molecule has 0 saturated carbocycles. The van der Waals surface area contributed by atoms with E-state index in [1.54, 1.807) is 30.7 Å². The van der Waals surface area contributed by atoms with Crippen LogP contribution in [0.1, 0.15) is 23.1 Å². The van der Waals surface area contributed by atoms with Gasteiger partial charge in [-0.2, -0.15) is 13.2 Å². The molecule has 0 aromatic carbocycles. The first-order valence-electron chi connectivity index (χ1n) is 8.87. The largest absolute Gasteiger partial charge is 0.394 e. The number of imidazole rings is 1. The SMILES string of the molecule is FC(F)(F)Cc1cnc2c(Cl)c(C(c3ncccn3)N3CCNCC3)ccn12. The molecule has 1 aliphatic heterocycles. The minimum atomic E-state index is -4.32. The summed E-state index contributed by atoms with van der Waals surface area (Å²) in [6, 6.07) is 3.17. The highest BCUT2D eigenvalue weighted by molar-refractivity contribution is 6.34. The number of hydrogen-bond acceptors (Lipinski definition) is 5. The number of hydrogen-bond donors (Lipinski definition) is 1. The lowest BCUT2D eigenvalue weighted by Gasteiger charge is -2.34. The van der Waals surface area contributed by atoms with E-state index in [2.05, 4.69) is 25.2 Å². The van der Waals surface area contributed by atoms with Crippen molar-refractivity contribution in [1.82, 2.24) is 29.6 Å². The number of fused-ring (bicyclic) bond motifs is 1. The van der Waals surface area contributed by atoms with Crippen LogP contribution in [0.5, 0.6) is 0 Å². The van der Waals surface area contributed by atoms with E-state index >= 15 is 0 Å². The molecular weight excluding hydrogens is 393 g/mol. The maximum absolute atomic E-state index is 12.8. The van der Waals surface area contributed by atoms with E-state index in [1.165, 1.54) is 10.6 Å². The summed E-state index contributed by atoms with van der Waals surface area (Å²) in [4.78, 5) is 15.2. The lowest BCUT2D eigenvalue weighted by atomic mass is 10.0. The first kappa shape index (κ1) is 19.1. The molecule has 0 radical (unpaired) electrons. The van der Waals surface area contributed by atoms with Crippen LogP contribution >= 0.6 is 11.6 Å². The molecule has 4 rings (SSSR count). The predicted octanol–water partition coefficient (Wildman–Crippen LogP) is 2.88. The molecule has 148 valence electrons. The van der Waals surface area contributed by atoms with E-state index in [0.717, 1.165) is 31.7 Å². The number of aromatic nitrogens is 4. The zero-order chi connectivity index (χ0) is 19.7. The van der Waals surface area contributed by atoms with Gasteiger partial charge in [0.1, 0.15) is 5.82 Å². The molecule has 4 heterocycles. The van der Waals surface area contributed by atoms with Crippen molar-refractivity contribution in [2.24, 2.45) is 0 Å². The van der Waals surface area contributed by atoms with Crippen molar-refractivity contribution in [1.29, 1.82) is 0 Å². The summed E-state index contributed by atoms with van der Waals surface area (Å²) in [5, 5.41) is 3.62. The van der Waals surface area contributed by atoms with Gasteiger partial charge in [0.05, 0.1) is 23.2 Å². The van der Waals surface area contributed by atoms with Gasteiger partial charge in [0.25, 0.3) is 0 Å². The van der Waals surface area contributed by atoms with Gasteiger partial charge in [-0.05, 0) is 12.1 Å². The number of alkyl halides is 3. The summed E-state index contributed by atoms with van der Waals surface area (Å²) in [6.45, 7) is 3.20. The van der Waals surface area contributed by atoms with Crippen LogP contribution in [0.25, 0.3) is 5.65 Å². The molecule has 3 aromatic heterocycles. The normalized spacial score (nSPS) is 17.1. The third-order valence-corrected chi connectivity index (χ3v) is 5.14. The first-order valence-corrected chi connectivity index (χ1v) is 9.24. The zero-order valence-corrected chi connectivity index (χ0v) is 15.6. The molecule has 1 fully saturated rings. The Morgan fingerprint density at radius 2 is 1.86 bits per heavy atom. The molecule has 0 amide bonds. The minimum absolute atomic E-state index is 0.0469. The van der Waals surface area contributed by atoms with E-state index in [-0.39, 0.29) is 11.7 Å². The number of nitrogens with zero attached hydrogens (tertiary/aromatic N) is 5. The summed E-state index contributed by atoms with van der Waals surface area (Å²) < 4.78 is 39.8. The van der Waals surface area contributed by atoms with E-state index in [4.69, 9.17) is 11.6 Å². The molecule has 6 nitrogen and oxygen atoms in total. The van der Waals surface area contributed by atoms with Crippen molar-refractivity contribution in [3.63, 3.8) is 0 Å². The Kier molecular flexibility index (Phi) is 5.22. The zero-order valence-electron chi connectivity index (χ0n) is 14.8. The van der Waals surface area contributed by atoms with Crippen LogP contribution in [-0.4, -0.2) is 56.6 Å². The second-order valence-electron chi connectivity index (χ2n) is 6.62. The van der Waals surface area contributed by atoms with E-state index in [9.17, 15) is 13.2 Å². The third-order valence-electron chi connectivity index (χ3n) is 4.75. The summed E-state index contributed by atoms with van der Waals surface area (Å²) in [7, 11) is 0. The van der Waals surface area contributed by atoms with Crippen molar-refractivity contribution in [3.8, 4) is 0 Å². The van der Waals surface area contributed by atoms with E-state index < -0.39 is 12.6 Å². The standard InChI is InChI=1S/C18H18ClF3N6/c19-14-13(2-7-28-12(10-18(20,21)22)11-26-17(14)28)15(16-24-3-1-4-25-16)27-8-5-23-6-9-27/h1-4,7,11,15,23H,5-6,8-10H2. The van der Waals surface area contributed by atoms with Gasteiger partial charge in [0.15, 0.2) is 5.65 Å². The number of rotatable bonds is 4. The molecule has 1 unspecified atom stereocenters. The third kappa shape index (κ3) is 3.82. The Morgan fingerprint density at radius 3 is 2.54 bits per heavy atom. The Bertz CT molecular complexity index is 953. The maximum atomic E-state index is 12.8. The Labute approximate surface area is 164 Å². The first-order chi connectivity index (χ1) is 13.4. The van der Waals surface area contributed by atoms with Crippen molar-refractivity contribution in [3.05, 3.63) is 59.0 Å². The van der Waals surface area contributed by atoms with Crippen LogP contribution in [0.4, 0.5) is 13.2 Å². The summed E-state index contributed by atoms with van der Waals surface area (Å²) >= 11 is 6.63. The summed E-state index contributed by atoms with van der Waals surface area (Å²) in [5.74, 6) is 0.595. The lowest BCUT2D eigenvalue weighted by molar-refractivity contribution is -0.127. The van der Waals surface area contributed by atoms with Gasteiger partial charge < -0.3 is 9.72 Å². The summed E-state index contributed by atoms with van der Waals surface area (Å²) in [6.07, 6.45) is 0.761. The Morgan fingerprint density at radius 1 is 1.14 bits per heavy atom. The molecular formula is C18H18ClF3N6. The van der Waals surface area contributed by atoms with Crippen LogP contribution in [-0.2, 0) is 6.42 Å². The number of pyridine rings is 1. The van der Waals surface area contributed by atoms with Gasteiger partial charge in [-0.25, -0.2) is 15.0 Å². The smallest absolute Gasteiger partial charge is 0.314 e.